The number of nitrogens with zero attached hydrogens (tertiary/aromatic N) is 1. The monoisotopic (exact) mass is 395 g/mol. The summed E-state index contributed by atoms with van der Waals surface area (Å²) in [5, 5.41) is 6.42. The van der Waals surface area contributed by atoms with Crippen LogP contribution >= 0.6 is 0 Å². The number of rotatable bonds is 7. The molecule has 146 valence electrons. The normalized spacial score (nSPS) is 10.6. The molecule has 0 aliphatic heterocycles. The van der Waals surface area contributed by atoms with Gasteiger partial charge >= 0.3 is 0 Å². The first-order chi connectivity index (χ1) is 13.0. The lowest BCUT2D eigenvalue weighted by Gasteiger charge is -2.29. The standard InChI is InChI=1S/C23H25N3O.ClH/c1-26(2,17-19-11-5-3-6-12-19)18-23(27)25-22-16-10-9-15-21(22)24-20-13-7-4-8-14-20;/h3-16,24H,17-18H2,1-2H3;1H. The van der Waals surface area contributed by atoms with E-state index < -0.39 is 0 Å². The van der Waals surface area contributed by atoms with E-state index in [0.29, 0.717) is 11.0 Å². The summed E-state index contributed by atoms with van der Waals surface area (Å²) in [6.45, 7) is 1.20. The van der Waals surface area contributed by atoms with Gasteiger partial charge in [0.25, 0.3) is 5.91 Å². The molecular formula is C23H26ClN3O. The highest BCUT2D eigenvalue weighted by Gasteiger charge is 2.21. The van der Waals surface area contributed by atoms with Gasteiger partial charge in [0.05, 0.1) is 25.5 Å². The summed E-state index contributed by atoms with van der Waals surface area (Å²) in [6.07, 6.45) is 0. The van der Waals surface area contributed by atoms with Gasteiger partial charge in [0.2, 0.25) is 0 Å². The highest BCUT2D eigenvalue weighted by molar-refractivity contribution is 5.95. The fourth-order valence-corrected chi connectivity index (χ4v) is 3.09. The predicted molar refractivity (Wildman–Crippen MR) is 112 cm³/mol. The lowest BCUT2D eigenvalue weighted by molar-refractivity contribution is -0.895. The molecule has 0 heterocycles. The van der Waals surface area contributed by atoms with Crippen LogP contribution in [0, 0.1) is 0 Å². The molecule has 0 aromatic heterocycles. The van der Waals surface area contributed by atoms with Crippen molar-refractivity contribution in [3.05, 3.63) is 90.5 Å². The highest BCUT2D eigenvalue weighted by atomic mass is 35.5. The molecule has 0 bridgehead atoms. The van der Waals surface area contributed by atoms with Gasteiger partial charge in [-0.25, -0.2) is 0 Å². The molecule has 0 unspecified atom stereocenters. The van der Waals surface area contributed by atoms with E-state index in [2.05, 4.69) is 36.9 Å². The summed E-state index contributed by atoms with van der Waals surface area (Å²) in [6, 6.07) is 27.9. The van der Waals surface area contributed by atoms with E-state index >= 15 is 0 Å². The number of hydrogen-bond acceptors (Lipinski definition) is 2. The second-order valence-electron chi connectivity index (χ2n) is 7.32. The summed E-state index contributed by atoms with van der Waals surface area (Å²) in [7, 11) is 4.14. The molecule has 0 saturated heterocycles. The van der Waals surface area contributed by atoms with Crippen LogP contribution < -0.4 is 23.0 Å². The molecular weight excluding hydrogens is 370 g/mol. The molecule has 28 heavy (non-hydrogen) atoms. The molecule has 0 radical (unpaired) electrons. The average molecular weight is 396 g/mol. The van der Waals surface area contributed by atoms with Gasteiger partial charge in [-0.3, -0.25) is 4.79 Å². The maximum absolute atomic E-state index is 12.7. The van der Waals surface area contributed by atoms with E-state index in [1.165, 1.54) is 5.56 Å². The molecule has 3 aromatic rings. The van der Waals surface area contributed by atoms with Crippen LogP contribution in [0.3, 0.4) is 0 Å². The van der Waals surface area contributed by atoms with E-state index in [-0.39, 0.29) is 18.3 Å². The van der Waals surface area contributed by atoms with E-state index in [9.17, 15) is 4.79 Å². The molecule has 5 heteroatoms. The fraction of sp³-hybridized carbons (Fsp3) is 0.174. The van der Waals surface area contributed by atoms with Crippen LogP contribution in [0.1, 0.15) is 5.56 Å². The summed E-state index contributed by atoms with van der Waals surface area (Å²) >= 11 is 0. The minimum atomic E-state index is -0.00163. The number of para-hydroxylation sites is 3. The summed E-state index contributed by atoms with van der Waals surface area (Å²) in [4.78, 5) is 12.7. The molecule has 0 spiro atoms. The van der Waals surface area contributed by atoms with Crippen LogP contribution in [0.2, 0.25) is 0 Å². The van der Waals surface area contributed by atoms with Crippen LogP contribution in [0.15, 0.2) is 84.9 Å². The molecule has 0 saturated carbocycles. The summed E-state index contributed by atoms with van der Waals surface area (Å²) < 4.78 is 0.587. The largest absolute Gasteiger partial charge is 1.00 e. The third-order valence-corrected chi connectivity index (χ3v) is 4.28. The Balaban J connectivity index is 0.00000280. The van der Waals surface area contributed by atoms with Gasteiger partial charge in [-0.05, 0) is 24.3 Å². The number of benzene rings is 3. The molecule has 0 fully saturated rings. The minimum Gasteiger partial charge on any atom is -1.00 e. The highest BCUT2D eigenvalue weighted by Crippen LogP contribution is 2.25. The van der Waals surface area contributed by atoms with Crippen molar-refractivity contribution in [2.75, 3.05) is 31.3 Å². The number of amides is 1. The second-order valence-corrected chi connectivity index (χ2v) is 7.32. The molecule has 2 N–H and O–H groups in total. The van der Waals surface area contributed by atoms with Crippen LogP contribution in [0.25, 0.3) is 0 Å². The number of nitrogens with one attached hydrogen (secondary N) is 2. The van der Waals surface area contributed by atoms with Crippen molar-refractivity contribution < 1.29 is 21.7 Å². The zero-order chi connectivity index (χ0) is 19.1. The predicted octanol–water partition coefficient (Wildman–Crippen LogP) is 1.65. The maximum Gasteiger partial charge on any atom is 0.279 e. The number of carbonyl (C=O) groups excluding carboxylic acids is 1. The fourth-order valence-electron chi connectivity index (χ4n) is 3.09. The SMILES string of the molecule is C[N+](C)(CC(=O)Nc1ccccc1Nc1ccccc1)Cc1ccccc1.[Cl-]. The Kier molecular flexibility index (Phi) is 7.61. The van der Waals surface area contributed by atoms with E-state index in [4.69, 9.17) is 0 Å². The first-order valence-electron chi connectivity index (χ1n) is 9.09. The maximum atomic E-state index is 12.7. The quantitative estimate of drug-likeness (QED) is 0.597. The van der Waals surface area contributed by atoms with Crippen molar-refractivity contribution >= 4 is 23.0 Å². The zero-order valence-corrected chi connectivity index (χ0v) is 17.0. The minimum absolute atomic E-state index is 0. The van der Waals surface area contributed by atoms with Crippen molar-refractivity contribution in [1.82, 2.24) is 0 Å². The van der Waals surface area contributed by atoms with Crippen LogP contribution in [-0.2, 0) is 11.3 Å². The zero-order valence-electron chi connectivity index (χ0n) is 16.2. The molecule has 0 atom stereocenters. The molecule has 4 nitrogen and oxygen atoms in total. The Hall–Kier alpha value is -2.82. The number of quaternary nitrogens is 1. The van der Waals surface area contributed by atoms with Crippen molar-refractivity contribution in [3.63, 3.8) is 0 Å². The lowest BCUT2D eigenvalue weighted by Crippen LogP contribution is -3.00. The van der Waals surface area contributed by atoms with E-state index in [1.54, 1.807) is 0 Å². The number of likely N-dealkylation sites (N-methyl/N-ethyl adjacent to an activating group) is 1. The van der Waals surface area contributed by atoms with Gasteiger partial charge in [0.15, 0.2) is 6.54 Å². The van der Waals surface area contributed by atoms with Gasteiger partial charge in [0, 0.05) is 11.3 Å². The number of anilines is 3. The Bertz CT molecular complexity index is 883. The summed E-state index contributed by atoms with van der Waals surface area (Å²) in [5.41, 5.74) is 3.87. The van der Waals surface area contributed by atoms with Crippen molar-refractivity contribution in [2.24, 2.45) is 0 Å². The Morgan fingerprint density at radius 3 is 1.96 bits per heavy atom. The van der Waals surface area contributed by atoms with Crippen LogP contribution in [-0.4, -0.2) is 31.0 Å². The van der Waals surface area contributed by atoms with Crippen LogP contribution in [0.5, 0.6) is 0 Å². The Labute approximate surface area is 173 Å². The lowest BCUT2D eigenvalue weighted by atomic mass is 10.2. The number of carbonyl (C=O) groups is 1. The van der Waals surface area contributed by atoms with Gasteiger partial charge in [-0.2, -0.15) is 0 Å². The van der Waals surface area contributed by atoms with Gasteiger partial charge < -0.3 is 27.5 Å². The average Bonchev–Trinajstić information content (AvgIpc) is 2.64. The van der Waals surface area contributed by atoms with Gasteiger partial charge in [0.1, 0.15) is 6.54 Å². The van der Waals surface area contributed by atoms with E-state index in [0.717, 1.165) is 23.6 Å². The summed E-state index contributed by atoms with van der Waals surface area (Å²) in [5.74, 6) is -0.00163. The molecule has 1 amide bonds. The van der Waals surface area contributed by atoms with E-state index in [1.807, 2.05) is 72.8 Å². The topological polar surface area (TPSA) is 41.1 Å². The third kappa shape index (κ3) is 6.41. The smallest absolute Gasteiger partial charge is 0.279 e. The van der Waals surface area contributed by atoms with Crippen molar-refractivity contribution in [2.45, 2.75) is 6.54 Å². The third-order valence-electron chi connectivity index (χ3n) is 4.28. The molecule has 0 aliphatic carbocycles. The Morgan fingerprint density at radius 2 is 1.32 bits per heavy atom. The number of halogens is 1. The second kappa shape index (κ2) is 9.93. The first kappa shape index (κ1) is 21.5. The van der Waals surface area contributed by atoms with Gasteiger partial charge in [-0.15, -0.1) is 0 Å². The first-order valence-corrected chi connectivity index (χ1v) is 9.09. The molecule has 3 aromatic carbocycles. The van der Waals surface area contributed by atoms with Crippen LogP contribution in [0.4, 0.5) is 17.1 Å². The Morgan fingerprint density at radius 1 is 0.786 bits per heavy atom. The molecule has 3 rings (SSSR count). The van der Waals surface area contributed by atoms with Crippen molar-refractivity contribution in [3.8, 4) is 0 Å². The molecule has 0 aliphatic rings. The number of hydrogen-bond donors (Lipinski definition) is 2. The van der Waals surface area contributed by atoms with Gasteiger partial charge in [-0.1, -0.05) is 60.7 Å². The van der Waals surface area contributed by atoms with Crippen molar-refractivity contribution in [1.29, 1.82) is 0 Å².